The summed E-state index contributed by atoms with van der Waals surface area (Å²) in [5.41, 5.74) is 2.97. The van der Waals surface area contributed by atoms with Gasteiger partial charge in [0, 0.05) is 10.9 Å². The van der Waals surface area contributed by atoms with Gasteiger partial charge in [0.2, 0.25) is 0 Å². The summed E-state index contributed by atoms with van der Waals surface area (Å²) in [6, 6.07) is 27.2. The molecule has 0 unspecified atom stereocenters. The molecule has 0 aliphatic rings. The summed E-state index contributed by atoms with van der Waals surface area (Å²) in [6.45, 7) is 0. The summed E-state index contributed by atoms with van der Waals surface area (Å²) in [5, 5.41) is 7.27. The average molecular weight is 337 g/mol. The van der Waals surface area contributed by atoms with Gasteiger partial charge in [0.05, 0.1) is 11.1 Å². The molecule has 3 nitrogen and oxygen atoms in total. The van der Waals surface area contributed by atoms with E-state index in [1.165, 1.54) is 0 Å². The Balaban J connectivity index is 1.75. The number of hydrogen-bond acceptors (Lipinski definition) is 2. The topological polar surface area (TPSA) is 42.2 Å². The molecule has 0 aliphatic heterocycles. The van der Waals surface area contributed by atoms with Crippen molar-refractivity contribution in [2.45, 2.75) is 0 Å². The Kier molecular flexibility index (Phi) is 3.25. The Morgan fingerprint density at radius 3 is 2.35 bits per heavy atom. The highest BCUT2D eigenvalue weighted by Crippen LogP contribution is 2.38. The number of furan rings is 1. The van der Waals surface area contributed by atoms with Crippen molar-refractivity contribution < 1.29 is 9.21 Å². The van der Waals surface area contributed by atoms with Crippen molar-refractivity contribution >= 4 is 44.3 Å². The second-order valence-corrected chi connectivity index (χ2v) is 6.26. The van der Waals surface area contributed by atoms with Crippen LogP contribution in [0.4, 0.5) is 5.69 Å². The highest BCUT2D eigenvalue weighted by atomic mass is 16.3. The third kappa shape index (κ3) is 2.25. The fourth-order valence-corrected chi connectivity index (χ4v) is 3.48. The van der Waals surface area contributed by atoms with Gasteiger partial charge in [-0.25, -0.2) is 0 Å². The first-order valence-corrected chi connectivity index (χ1v) is 8.51. The lowest BCUT2D eigenvalue weighted by Gasteiger charge is -2.07. The molecule has 0 aliphatic carbocycles. The minimum atomic E-state index is -0.132. The number of nitrogens with one attached hydrogen (secondary N) is 1. The van der Waals surface area contributed by atoms with Crippen LogP contribution in [0.3, 0.4) is 0 Å². The molecule has 5 aromatic rings. The lowest BCUT2D eigenvalue weighted by Crippen LogP contribution is -2.11. The first-order chi connectivity index (χ1) is 12.8. The Morgan fingerprint density at radius 2 is 1.46 bits per heavy atom. The van der Waals surface area contributed by atoms with Crippen molar-refractivity contribution in [3.63, 3.8) is 0 Å². The van der Waals surface area contributed by atoms with Crippen LogP contribution in [-0.2, 0) is 0 Å². The molecule has 1 amide bonds. The number of fused-ring (bicyclic) bond motifs is 5. The smallest absolute Gasteiger partial charge is 0.255 e. The molecule has 0 bridgehead atoms. The fraction of sp³-hybridized carbons (Fsp3) is 0. The van der Waals surface area contributed by atoms with Crippen LogP contribution in [0.2, 0.25) is 0 Å². The Morgan fingerprint density at radius 1 is 0.692 bits per heavy atom. The van der Waals surface area contributed by atoms with E-state index < -0.39 is 0 Å². The summed E-state index contributed by atoms with van der Waals surface area (Å²) in [6.07, 6.45) is 0. The zero-order chi connectivity index (χ0) is 17.5. The van der Waals surface area contributed by atoms with Gasteiger partial charge in [-0.2, -0.15) is 0 Å². The van der Waals surface area contributed by atoms with Crippen LogP contribution in [-0.4, -0.2) is 5.91 Å². The van der Waals surface area contributed by atoms with Crippen LogP contribution in [0, 0.1) is 0 Å². The third-order valence-electron chi connectivity index (χ3n) is 4.67. The molecule has 26 heavy (non-hydrogen) atoms. The molecule has 0 radical (unpaired) electrons. The first kappa shape index (κ1) is 14.7. The Labute approximate surface area is 149 Å². The summed E-state index contributed by atoms with van der Waals surface area (Å²) in [4.78, 5) is 12.6. The van der Waals surface area contributed by atoms with E-state index in [1.54, 1.807) is 12.1 Å². The van der Waals surface area contributed by atoms with Crippen molar-refractivity contribution in [3.05, 3.63) is 90.5 Å². The summed E-state index contributed by atoms with van der Waals surface area (Å²) < 4.78 is 6.04. The van der Waals surface area contributed by atoms with Gasteiger partial charge in [-0.15, -0.1) is 0 Å². The molecule has 1 aromatic heterocycles. The predicted molar refractivity (Wildman–Crippen MR) is 106 cm³/mol. The van der Waals surface area contributed by atoms with Crippen LogP contribution in [0.15, 0.2) is 89.3 Å². The average Bonchev–Trinajstić information content (AvgIpc) is 3.09. The van der Waals surface area contributed by atoms with Gasteiger partial charge in [-0.3, -0.25) is 4.79 Å². The van der Waals surface area contributed by atoms with Crippen LogP contribution in [0.1, 0.15) is 10.4 Å². The first-order valence-electron chi connectivity index (χ1n) is 8.51. The fourth-order valence-electron chi connectivity index (χ4n) is 3.48. The van der Waals surface area contributed by atoms with E-state index in [9.17, 15) is 4.79 Å². The Hall–Kier alpha value is -3.59. The van der Waals surface area contributed by atoms with Crippen LogP contribution in [0.25, 0.3) is 32.7 Å². The number of anilines is 1. The second kappa shape index (κ2) is 5.74. The van der Waals surface area contributed by atoms with Gasteiger partial charge in [0.15, 0.2) is 0 Å². The highest BCUT2D eigenvalue weighted by molar-refractivity contribution is 6.24. The number of carbonyl (C=O) groups excluding carboxylic acids is 1. The molecule has 0 saturated heterocycles. The van der Waals surface area contributed by atoms with Crippen LogP contribution >= 0.6 is 0 Å². The molecule has 124 valence electrons. The molecule has 0 fully saturated rings. The maximum Gasteiger partial charge on any atom is 0.255 e. The summed E-state index contributed by atoms with van der Waals surface area (Å²) in [5.74, 6) is -0.132. The van der Waals surface area contributed by atoms with Crippen LogP contribution < -0.4 is 5.32 Å². The van der Waals surface area contributed by atoms with Gasteiger partial charge >= 0.3 is 0 Å². The lowest BCUT2D eigenvalue weighted by atomic mass is 10.0. The molecular formula is C23H15NO2. The summed E-state index contributed by atoms with van der Waals surface area (Å²) >= 11 is 0. The molecule has 0 atom stereocenters. The molecular weight excluding hydrogens is 322 g/mol. The number of carbonyl (C=O) groups is 1. The van der Waals surface area contributed by atoms with E-state index in [4.69, 9.17) is 4.42 Å². The van der Waals surface area contributed by atoms with Crippen LogP contribution in [0.5, 0.6) is 0 Å². The minimum absolute atomic E-state index is 0.132. The van der Waals surface area contributed by atoms with E-state index in [0.717, 1.165) is 38.4 Å². The second-order valence-electron chi connectivity index (χ2n) is 6.26. The zero-order valence-corrected chi connectivity index (χ0v) is 13.9. The summed E-state index contributed by atoms with van der Waals surface area (Å²) in [7, 11) is 0. The molecule has 1 heterocycles. The SMILES string of the molecule is O=C(Nc1cccc2oc3ccc4ccccc4c3c12)c1ccccc1. The minimum Gasteiger partial charge on any atom is -0.456 e. The van der Waals surface area contributed by atoms with Gasteiger partial charge in [-0.05, 0) is 41.1 Å². The van der Waals surface area contributed by atoms with E-state index >= 15 is 0 Å². The number of amides is 1. The molecule has 0 spiro atoms. The van der Waals surface area contributed by atoms with Gasteiger partial charge in [0.25, 0.3) is 5.91 Å². The molecule has 0 saturated carbocycles. The molecule has 1 N–H and O–H groups in total. The Bertz CT molecular complexity index is 1270. The monoisotopic (exact) mass is 337 g/mol. The standard InChI is InChI=1S/C23H15NO2/c25-23(16-8-2-1-3-9-16)24-18-11-6-12-19-22(18)21-17-10-5-4-7-15(17)13-14-20(21)26-19/h1-14H,(H,24,25). The van der Waals surface area contributed by atoms with Gasteiger partial charge in [0.1, 0.15) is 11.2 Å². The quantitative estimate of drug-likeness (QED) is 0.430. The zero-order valence-electron chi connectivity index (χ0n) is 13.9. The number of benzene rings is 4. The maximum atomic E-state index is 12.6. The maximum absolute atomic E-state index is 12.6. The van der Waals surface area contributed by atoms with Crippen molar-refractivity contribution in [1.82, 2.24) is 0 Å². The largest absolute Gasteiger partial charge is 0.456 e. The van der Waals surface area contributed by atoms with Gasteiger partial charge in [-0.1, -0.05) is 54.6 Å². The van der Waals surface area contributed by atoms with Gasteiger partial charge < -0.3 is 9.73 Å². The molecule has 3 heteroatoms. The number of hydrogen-bond donors (Lipinski definition) is 1. The molecule has 4 aromatic carbocycles. The van der Waals surface area contributed by atoms with Crippen molar-refractivity contribution in [3.8, 4) is 0 Å². The normalized spacial score (nSPS) is 11.2. The van der Waals surface area contributed by atoms with Crippen molar-refractivity contribution in [1.29, 1.82) is 0 Å². The van der Waals surface area contributed by atoms with Crippen molar-refractivity contribution in [2.75, 3.05) is 5.32 Å². The lowest BCUT2D eigenvalue weighted by molar-refractivity contribution is 0.102. The molecule has 5 rings (SSSR count). The highest BCUT2D eigenvalue weighted by Gasteiger charge is 2.15. The van der Waals surface area contributed by atoms with Crippen molar-refractivity contribution in [2.24, 2.45) is 0 Å². The predicted octanol–water partition coefficient (Wildman–Crippen LogP) is 5.99. The van der Waals surface area contributed by atoms with E-state index in [0.29, 0.717) is 5.56 Å². The van der Waals surface area contributed by atoms with E-state index in [1.807, 2.05) is 54.6 Å². The third-order valence-corrected chi connectivity index (χ3v) is 4.67. The van der Waals surface area contributed by atoms with E-state index in [2.05, 4.69) is 23.5 Å². The van der Waals surface area contributed by atoms with E-state index in [-0.39, 0.29) is 5.91 Å². The number of rotatable bonds is 2.